The fourth-order valence-electron chi connectivity index (χ4n) is 2.21. The molecule has 1 aliphatic heterocycles. The predicted octanol–water partition coefficient (Wildman–Crippen LogP) is 1.24. The molecular weight excluding hydrogens is 188 g/mol. The topological polar surface area (TPSA) is 24.5 Å². The molecular formula is C12H24N2O. The molecule has 1 N–H and O–H groups in total. The van der Waals surface area contributed by atoms with E-state index < -0.39 is 0 Å². The minimum atomic E-state index is 0.478. The maximum atomic E-state index is 5.81. The number of nitrogens with zero attached hydrogens (tertiary/aromatic N) is 1. The van der Waals surface area contributed by atoms with Crippen molar-refractivity contribution < 1.29 is 4.74 Å². The molecule has 3 heteroatoms. The van der Waals surface area contributed by atoms with Crippen molar-refractivity contribution in [2.24, 2.45) is 0 Å². The van der Waals surface area contributed by atoms with Gasteiger partial charge in [0, 0.05) is 25.7 Å². The zero-order valence-corrected chi connectivity index (χ0v) is 10.0. The molecule has 0 aromatic heterocycles. The number of ether oxygens (including phenoxy) is 1. The van der Waals surface area contributed by atoms with Crippen molar-refractivity contribution in [1.82, 2.24) is 10.2 Å². The van der Waals surface area contributed by atoms with E-state index in [1.165, 1.54) is 25.7 Å². The summed E-state index contributed by atoms with van der Waals surface area (Å²) in [6.45, 7) is 5.54. The van der Waals surface area contributed by atoms with E-state index in [9.17, 15) is 0 Å². The second kappa shape index (κ2) is 5.28. The Balaban J connectivity index is 1.53. The van der Waals surface area contributed by atoms with Crippen LogP contribution in [-0.2, 0) is 4.74 Å². The van der Waals surface area contributed by atoms with Gasteiger partial charge in [-0.25, -0.2) is 0 Å². The van der Waals surface area contributed by atoms with E-state index in [-0.39, 0.29) is 0 Å². The van der Waals surface area contributed by atoms with Crippen LogP contribution >= 0.6 is 0 Å². The van der Waals surface area contributed by atoms with Gasteiger partial charge in [-0.2, -0.15) is 0 Å². The summed E-state index contributed by atoms with van der Waals surface area (Å²) >= 11 is 0. The third-order valence-corrected chi connectivity index (χ3v) is 3.34. The van der Waals surface area contributed by atoms with E-state index in [0.717, 1.165) is 25.7 Å². The third-order valence-electron chi connectivity index (χ3n) is 3.34. The average Bonchev–Trinajstić information content (AvgIpc) is 2.91. The molecule has 0 radical (unpaired) electrons. The highest BCUT2D eigenvalue weighted by molar-refractivity contribution is 4.81. The molecule has 0 amide bonds. The standard InChI is InChI=1S/C12H24N2O/c1-10-3-6-12(15-10)9-14(2)8-7-13-11-4-5-11/h10-13H,3-9H2,1-2H3. The van der Waals surface area contributed by atoms with E-state index in [2.05, 4.69) is 24.2 Å². The Morgan fingerprint density at radius 3 is 2.67 bits per heavy atom. The van der Waals surface area contributed by atoms with Crippen molar-refractivity contribution in [3.05, 3.63) is 0 Å². The van der Waals surface area contributed by atoms with Gasteiger partial charge in [0.1, 0.15) is 0 Å². The van der Waals surface area contributed by atoms with Gasteiger partial charge in [-0.05, 0) is 39.7 Å². The normalized spacial score (nSPS) is 31.4. The van der Waals surface area contributed by atoms with Crippen molar-refractivity contribution in [3.8, 4) is 0 Å². The summed E-state index contributed by atoms with van der Waals surface area (Å²) < 4.78 is 5.81. The molecule has 15 heavy (non-hydrogen) atoms. The van der Waals surface area contributed by atoms with Gasteiger partial charge in [-0.1, -0.05) is 0 Å². The average molecular weight is 212 g/mol. The quantitative estimate of drug-likeness (QED) is 0.717. The van der Waals surface area contributed by atoms with E-state index >= 15 is 0 Å². The molecule has 2 unspecified atom stereocenters. The molecule has 2 atom stereocenters. The maximum absolute atomic E-state index is 5.81. The smallest absolute Gasteiger partial charge is 0.0706 e. The molecule has 88 valence electrons. The lowest BCUT2D eigenvalue weighted by atomic mass is 10.2. The molecule has 1 saturated heterocycles. The van der Waals surface area contributed by atoms with Gasteiger partial charge in [-0.3, -0.25) is 0 Å². The van der Waals surface area contributed by atoms with Crippen LogP contribution in [0.5, 0.6) is 0 Å². The molecule has 2 rings (SSSR count). The summed E-state index contributed by atoms with van der Waals surface area (Å²) in [5.41, 5.74) is 0. The Morgan fingerprint density at radius 1 is 1.27 bits per heavy atom. The Hall–Kier alpha value is -0.120. The van der Waals surface area contributed by atoms with Crippen LogP contribution in [-0.4, -0.2) is 49.8 Å². The second-order valence-corrected chi connectivity index (χ2v) is 5.14. The molecule has 0 bridgehead atoms. The second-order valence-electron chi connectivity index (χ2n) is 5.14. The highest BCUT2D eigenvalue weighted by Gasteiger charge is 2.23. The lowest BCUT2D eigenvalue weighted by molar-refractivity contribution is 0.0367. The van der Waals surface area contributed by atoms with Crippen LogP contribution in [0.3, 0.4) is 0 Å². The van der Waals surface area contributed by atoms with Gasteiger partial charge >= 0.3 is 0 Å². The fraction of sp³-hybridized carbons (Fsp3) is 1.00. The third kappa shape index (κ3) is 4.09. The van der Waals surface area contributed by atoms with Crippen molar-refractivity contribution >= 4 is 0 Å². The van der Waals surface area contributed by atoms with Gasteiger partial charge in [0.15, 0.2) is 0 Å². The maximum Gasteiger partial charge on any atom is 0.0706 e. The summed E-state index contributed by atoms with van der Waals surface area (Å²) in [6, 6.07) is 0.834. The minimum absolute atomic E-state index is 0.478. The number of hydrogen-bond donors (Lipinski definition) is 1. The molecule has 1 aliphatic carbocycles. The molecule has 1 heterocycles. The van der Waals surface area contributed by atoms with Crippen LogP contribution in [0.1, 0.15) is 32.6 Å². The first-order chi connectivity index (χ1) is 7.24. The van der Waals surface area contributed by atoms with E-state index in [0.29, 0.717) is 12.2 Å². The Kier molecular flexibility index (Phi) is 4.00. The molecule has 2 fully saturated rings. The molecule has 0 aromatic rings. The SMILES string of the molecule is CC1CCC(CN(C)CCNC2CC2)O1. The Labute approximate surface area is 93.2 Å². The van der Waals surface area contributed by atoms with Gasteiger partial charge in [0.2, 0.25) is 0 Å². The van der Waals surface area contributed by atoms with Crippen LogP contribution in [0, 0.1) is 0 Å². The van der Waals surface area contributed by atoms with Crippen LogP contribution in [0.2, 0.25) is 0 Å². The predicted molar refractivity (Wildman–Crippen MR) is 62.1 cm³/mol. The summed E-state index contributed by atoms with van der Waals surface area (Å²) in [7, 11) is 2.20. The van der Waals surface area contributed by atoms with Gasteiger partial charge < -0.3 is 15.0 Å². The van der Waals surface area contributed by atoms with Crippen molar-refractivity contribution in [2.45, 2.75) is 50.9 Å². The van der Waals surface area contributed by atoms with Gasteiger partial charge in [0.25, 0.3) is 0 Å². The largest absolute Gasteiger partial charge is 0.374 e. The van der Waals surface area contributed by atoms with Crippen LogP contribution in [0.15, 0.2) is 0 Å². The van der Waals surface area contributed by atoms with Crippen LogP contribution in [0.25, 0.3) is 0 Å². The molecule has 0 aromatic carbocycles. The van der Waals surface area contributed by atoms with E-state index in [1.54, 1.807) is 0 Å². The number of hydrogen-bond acceptors (Lipinski definition) is 3. The minimum Gasteiger partial charge on any atom is -0.374 e. The van der Waals surface area contributed by atoms with E-state index in [4.69, 9.17) is 4.74 Å². The number of nitrogens with one attached hydrogen (secondary N) is 1. The van der Waals surface area contributed by atoms with E-state index in [1.807, 2.05) is 0 Å². The van der Waals surface area contributed by atoms with Crippen molar-refractivity contribution in [1.29, 1.82) is 0 Å². The summed E-state index contributed by atoms with van der Waals surface area (Å²) in [5.74, 6) is 0. The highest BCUT2D eigenvalue weighted by Crippen LogP contribution is 2.20. The first kappa shape index (κ1) is 11.4. The number of rotatable bonds is 6. The molecule has 0 spiro atoms. The highest BCUT2D eigenvalue weighted by atomic mass is 16.5. The summed E-state index contributed by atoms with van der Waals surface area (Å²) in [6.07, 6.45) is 6.19. The lowest BCUT2D eigenvalue weighted by Gasteiger charge is -2.21. The van der Waals surface area contributed by atoms with Gasteiger partial charge in [-0.15, -0.1) is 0 Å². The Bertz CT molecular complexity index is 194. The first-order valence-corrected chi connectivity index (χ1v) is 6.31. The fourth-order valence-corrected chi connectivity index (χ4v) is 2.21. The lowest BCUT2D eigenvalue weighted by Crippen LogP contribution is -2.35. The monoisotopic (exact) mass is 212 g/mol. The zero-order valence-electron chi connectivity index (χ0n) is 10.0. The molecule has 1 saturated carbocycles. The Morgan fingerprint density at radius 2 is 2.07 bits per heavy atom. The van der Waals surface area contributed by atoms with Crippen LogP contribution in [0.4, 0.5) is 0 Å². The molecule has 2 aliphatic rings. The van der Waals surface area contributed by atoms with Crippen LogP contribution < -0.4 is 5.32 Å². The first-order valence-electron chi connectivity index (χ1n) is 6.31. The van der Waals surface area contributed by atoms with Crippen molar-refractivity contribution in [2.75, 3.05) is 26.7 Å². The summed E-state index contributed by atoms with van der Waals surface area (Å²) in [5, 5.41) is 3.54. The zero-order chi connectivity index (χ0) is 10.7. The van der Waals surface area contributed by atoms with Gasteiger partial charge in [0.05, 0.1) is 12.2 Å². The number of likely N-dealkylation sites (N-methyl/N-ethyl adjacent to an activating group) is 1. The van der Waals surface area contributed by atoms with Crippen molar-refractivity contribution in [3.63, 3.8) is 0 Å². The summed E-state index contributed by atoms with van der Waals surface area (Å²) in [4.78, 5) is 2.39. The molecule has 3 nitrogen and oxygen atoms in total.